The number of rotatable bonds is 3. The Morgan fingerprint density at radius 3 is 2.20 bits per heavy atom. The maximum atomic E-state index is 6.37. The van der Waals surface area contributed by atoms with Gasteiger partial charge in [0, 0.05) is 45.3 Å². The topological polar surface area (TPSA) is 25.2 Å². The number of fused-ring (bicyclic) bond motifs is 12. The summed E-state index contributed by atoms with van der Waals surface area (Å²) in [7, 11) is 0. The summed E-state index contributed by atoms with van der Waals surface area (Å²) in [6.07, 6.45) is 11.7. The van der Waals surface area contributed by atoms with Crippen molar-refractivity contribution in [2.45, 2.75) is 24.7 Å². The SMILES string of the molecule is C1#CC2=C(C=CC1)C1(c3ccccc3-c3ccccc31)c1cccc(NC3=CC=C(c4cccc5c4oc4ccccc45)CC3)c12. The molecule has 0 fully saturated rings. The van der Waals surface area contributed by atoms with Crippen LogP contribution in [-0.2, 0) is 5.41 Å². The Morgan fingerprint density at radius 2 is 1.37 bits per heavy atom. The third-order valence-corrected chi connectivity index (χ3v) is 10.3. The first-order valence-electron chi connectivity index (χ1n) is 16.1. The average molecular weight is 588 g/mol. The second-order valence-electron chi connectivity index (χ2n) is 12.6. The quantitative estimate of drug-likeness (QED) is 0.208. The fraction of sp³-hybridized carbons (Fsp3) is 0.0909. The van der Waals surface area contributed by atoms with Crippen LogP contribution in [0.2, 0.25) is 0 Å². The van der Waals surface area contributed by atoms with Crippen LogP contribution in [0.3, 0.4) is 0 Å². The van der Waals surface area contributed by atoms with E-state index >= 15 is 0 Å². The van der Waals surface area contributed by atoms with E-state index in [0.717, 1.165) is 41.7 Å². The van der Waals surface area contributed by atoms with Gasteiger partial charge in [-0.05, 0) is 70.0 Å². The maximum Gasteiger partial charge on any atom is 0.142 e. The molecule has 10 rings (SSSR count). The lowest BCUT2D eigenvalue weighted by Gasteiger charge is -2.31. The molecule has 0 unspecified atom stereocenters. The number of anilines is 1. The summed E-state index contributed by atoms with van der Waals surface area (Å²) in [5, 5.41) is 6.23. The van der Waals surface area contributed by atoms with Crippen LogP contribution in [0.15, 0.2) is 149 Å². The van der Waals surface area contributed by atoms with Crippen LogP contribution in [0.5, 0.6) is 0 Å². The van der Waals surface area contributed by atoms with E-state index in [2.05, 4.69) is 145 Å². The Labute approximate surface area is 268 Å². The van der Waals surface area contributed by atoms with Gasteiger partial charge in [-0.25, -0.2) is 0 Å². The molecule has 46 heavy (non-hydrogen) atoms. The van der Waals surface area contributed by atoms with Gasteiger partial charge in [-0.1, -0.05) is 127 Å². The molecule has 0 bridgehead atoms. The molecule has 0 atom stereocenters. The molecule has 0 aliphatic heterocycles. The highest BCUT2D eigenvalue weighted by molar-refractivity contribution is 6.08. The molecule has 2 heteroatoms. The summed E-state index contributed by atoms with van der Waals surface area (Å²) in [6, 6.07) is 39.4. The highest BCUT2D eigenvalue weighted by Crippen LogP contribution is 2.63. The van der Waals surface area contributed by atoms with Gasteiger partial charge in [0.05, 0.1) is 5.41 Å². The van der Waals surface area contributed by atoms with Crippen molar-refractivity contribution in [3.05, 3.63) is 173 Å². The molecule has 5 aromatic carbocycles. The molecular weight excluding hydrogens is 558 g/mol. The first kappa shape index (κ1) is 25.5. The minimum Gasteiger partial charge on any atom is -0.455 e. The molecule has 2 nitrogen and oxygen atoms in total. The minimum atomic E-state index is -0.385. The summed E-state index contributed by atoms with van der Waals surface area (Å²) in [4.78, 5) is 0. The molecule has 4 aliphatic carbocycles. The largest absolute Gasteiger partial charge is 0.455 e. The highest BCUT2D eigenvalue weighted by atomic mass is 16.3. The monoisotopic (exact) mass is 587 g/mol. The van der Waals surface area contributed by atoms with Crippen LogP contribution < -0.4 is 5.32 Å². The molecule has 4 aliphatic rings. The van der Waals surface area contributed by atoms with Gasteiger partial charge in [0.2, 0.25) is 0 Å². The van der Waals surface area contributed by atoms with Crippen molar-refractivity contribution in [2.75, 3.05) is 5.32 Å². The summed E-state index contributed by atoms with van der Waals surface area (Å²) in [6.45, 7) is 0. The van der Waals surface area contributed by atoms with Crippen LogP contribution in [0.1, 0.15) is 47.1 Å². The van der Waals surface area contributed by atoms with Gasteiger partial charge < -0.3 is 9.73 Å². The molecule has 0 saturated heterocycles. The van der Waals surface area contributed by atoms with E-state index in [1.54, 1.807) is 0 Å². The minimum absolute atomic E-state index is 0.385. The Kier molecular flexibility index (Phi) is 5.33. The Bertz CT molecular complexity index is 2440. The summed E-state index contributed by atoms with van der Waals surface area (Å²) in [5.74, 6) is 7.07. The lowest BCUT2D eigenvalue weighted by molar-refractivity contribution is 0.667. The second kappa shape index (κ2) is 9.61. The van der Waals surface area contributed by atoms with Crippen molar-refractivity contribution < 1.29 is 4.42 Å². The zero-order valence-electron chi connectivity index (χ0n) is 25.2. The highest BCUT2D eigenvalue weighted by Gasteiger charge is 2.52. The summed E-state index contributed by atoms with van der Waals surface area (Å²) in [5.41, 5.74) is 16.6. The number of benzene rings is 5. The molecule has 1 aromatic heterocycles. The molecule has 0 saturated carbocycles. The van der Waals surface area contributed by atoms with Gasteiger partial charge in [0.15, 0.2) is 0 Å². The predicted molar refractivity (Wildman–Crippen MR) is 189 cm³/mol. The van der Waals surface area contributed by atoms with Crippen LogP contribution in [-0.4, -0.2) is 0 Å². The molecular formula is C44H29NO. The number of furan rings is 1. The third-order valence-electron chi connectivity index (χ3n) is 10.3. The Hall–Kier alpha value is -5.78. The average Bonchev–Trinajstić information content (AvgIpc) is 3.65. The normalized spacial score (nSPS) is 16.7. The van der Waals surface area contributed by atoms with Crippen LogP contribution in [0, 0.1) is 11.8 Å². The fourth-order valence-corrected chi connectivity index (χ4v) is 8.37. The van der Waals surface area contributed by atoms with E-state index in [1.165, 1.54) is 66.6 Å². The van der Waals surface area contributed by atoms with Gasteiger partial charge in [-0.3, -0.25) is 0 Å². The smallest absolute Gasteiger partial charge is 0.142 e. The number of hydrogen-bond acceptors (Lipinski definition) is 2. The van der Waals surface area contributed by atoms with Crippen molar-refractivity contribution in [3.8, 4) is 23.0 Å². The second-order valence-corrected chi connectivity index (χ2v) is 12.6. The number of nitrogens with one attached hydrogen (secondary N) is 1. The van der Waals surface area contributed by atoms with Crippen molar-refractivity contribution in [1.29, 1.82) is 0 Å². The van der Waals surface area contributed by atoms with Crippen molar-refractivity contribution >= 4 is 38.8 Å². The molecule has 0 amide bonds. The zero-order chi connectivity index (χ0) is 30.2. The fourth-order valence-electron chi connectivity index (χ4n) is 8.37. The number of allylic oxidation sites excluding steroid dienone is 8. The van der Waals surface area contributed by atoms with E-state index in [4.69, 9.17) is 4.42 Å². The van der Waals surface area contributed by atoms with Gasteiger partial charge in [-0.2, -0.15) is 0 Å². The van der Waals surface area contributed by atoms with Crippen LogP contribution >= 0.6 is 0 Å². The van der Waals surface area contributed by atoms with Gasteiger partial charge in [-0.15, -0.1) is 0 Å². The van der Waals surface area contributed by atoms with E-state index in [1.807, 2.05) is 6.07 Å². The molecule has 1 heterocycles. The van der Waals surface area contributed by atoms with Gasteiger partial charge >= 0.3 is 0 Å². The standard InChI is InChI=1S/C44H29NO/c1-2-15-35-38(18-3-1)44(36-19-7-4-12-31(36)32-13-5-8-20-37(32)44)39-21-11-22-40(42(35)39)45-29-26-24-28(25-27-29)30-16-10-17-34-33-14-6-9-23-41(33)46-43(30)34/h3-14,16-24,26,45H,1,25,27H2. The lowest BCUT2D eigenvalue weighted by Crippen LogP contribution is -2.26. The molecule has 1 N–H and O–H groups in total. The molecule has 1 spiro atoms. The molecule has 6 aromatic rings. The van der Waals surface area contributed by atoms with E-state index < -0.39 is 0 Å². The first-order valence-corrected chi connectivity index (χ1v) is 16.1. The van der Waals surface area contributed by atoms with E-state index in [0.29, 0.717) is 0 Å². The predicted octanol–water partition coefficient (Wildman–Crippen LogP) is 10.8. The van der Waals surface area contributed by atoms with E-state index in [9.17, 15) is 0 Å². The van der Waals surface area contributed by atoms with Gasteiger partial charge in [0.25, 0.3) is 0 Å². The Balaban J connectivity index is 1.10. The lowest BCUT2D eigenvalue weighted by atomic mass is 9.69. The zero-order valence-corrected chi connectivity index (χ0v) is 25.2. The third kappa shape index (κ3) is 3.38. The van der Waals surface area contributed by atoms with Crippen molar-refractivity contribution in [1.82, 2.24) is 0 Å². The Morgan fingerprint density at radius 1 is 0.652 bits per heavy atom. The first-order chi connectivity index (χ1) is 22.8. The summed E-state index contributed by atoms with van der Waals surface area (Å²) < 4.78 is 6.37. The summed E-state index contributed by atoms with van der Waals surface area (Å²) >= 11 is 0. The number of hydrogen-bond donors (Lipinski definition) is 1. The number of para-hydroxylation sites is 2. The van der Waals surface area contributed by atoms with Crippen LogP contribution in [0.25, 0.3) is 44.2 Å². The molecule has 216 valence electrons. The maximum absolute atomic E-state index is 6.37. The van der Waals surface area contributed by atoms with Gasteiger partial charge in [0.1, 0.15) is 11.2 Å². The molecule has 0 radical (unpaired) electrons. The van der Waals surface area contributed by atoms with Crippen molar-refractivity contribution in [2.24, 2.45) is 0 Å². The van der Waals surface area contributed by atoms with Crippen molar-refractivity contribution in [3.63, 3.8) is 0 Å². The van der Waals surface area contributed by atoms with E-state index in [-0.39, 0.29) is 5.41 Å². The van der Waals surface area contributed by atoms with Crippen LogP contribution in [0.4, 0.5) is 5.69 Å².